The van der Waals surface area contributed by atoms with Crippen LogP contribution in [-0.4, -0.2) is 52.0 Å². The SMILES string of the molecule is Cc1cc(OCCO)c([As])cc1[As]. The predicted octanol–water partition coefficient (Wildman–Crippen LogP) is -1.05. The molecule has 0 spiro atoms. The van der Waals surface area contributed by atoms with Crippen LogP contribution in [0.5, 0.6) is 5.75 Å². The van der Waals surface area contributed by atoms with E-state index < -0.39 is 0 Å². The standard InChI is InChI=1S/C9H10As2O2/c1-6-4-9(13-3-2-12)8(11)5-7(6)10/h4-5,12H,2-3H2,1H3. The van der Waals surface area contributed by atoms with Gasteiger partial charge in [0.15, 0.2) is 0 Å². The Balaban J connectivity index is 2.88. The van der Waals surface area contributed by atoms with Crippen molar-refractivity contribution in [3.63, 3.8) is 0 Å². The minimum atomic E-state index is 0.0510. The second-order valence-electron chi connectivity index (χ2n) is 2.68. The summed E-state index contributed by atoms with van der Waals surface area (Å²) in [6.45, 7) is 2.43. The first kappa shape index (κ1) is 11.2. The van der Waals surface area contributed by atoms with E-state index in [1.165, 1.54) is 9.91 Å². The van der Waals surface area contributed by atoms with Gasteiger partial charge in [0.1, 0.15) is 0 Å². The topological polar surface area (TPSA) is 29.5 Å². The Hall–Kier alpha value is 0.0969. The molecule has 0 bridgehead atoms. The molecule has 1 N–H and O–H groups in total. The fraction of sp³-hybridized carbons (Fsp3) is 0.333. The van der Waals surface area contributed by atoms with Crippen LogP contribution in [0, 0.1) is 6.92 Å². The van der Waals surface area contributed by atoms with Crippen LogP contribution in [0.4, 0.5) is 0 Å². The fourth-order valence-electron chi connectivity index (χ4n) is 0.930. The summed E-state index contributed by atoms with van der Waals surface area (Å²) in [5, 5.41) is 8.61. The molecular weight excluding hydrogens is 290 g/mol. The van der Waals surface area contributed by atoms with Crippen LogP contribution < -0.4 is 13.4 Å². The van der Waals surface area contributed by atoms with E-state index in [0.717, 1.165) is 10.1 Å². The van der Waals surface area contributed by atoms with Crippen molar-refractivity contribution in [1.82, 2.24) is 0 Å². The van der Waals surface area contributed by atoms with Gasteiger partial charge in [0.2, 0.25) is 0 Å². The number of ether oxygens (including phenoxy) is 1. The Morgan fingerprint density at radius 3 is 2.62 bits per heavy atom. The molecule has 1 aromatic carbocycles. The summed E-state index contributed by atoms with van der Waals surface area (Å²) in [4.78, 5) is 0. The summed E-state index contributed by atoms with van der Waals surface area (Å²) >= 11 is 4.99. The van der Waals surface area contributed by atoms with E-state index in [2.05, 4.69) is 33.7 Å². The summed E-state index contributed by atoms with van der Waals surface area (Å²) in [6.07, 6.45) is 0. The van der Waals surface area contributed by atoms with E-state index in [0.29, 0.717) is 6.61 Å². The molecule has 1 rings (SSSR count). The van der Waals surface area contributed by atoms with Gasteiger partial charge < -0.3 is 0 Å². The molecule has 0 atom stereocenters. The molecule has 0 aliphatic carbocycles. The van der Waals surface area contributed by atoms with Gasteiger partial charge in [0.05, 0.1) is 0 Å². The number of hydrogen-bond donors (Lipinski definition) is 1. The molecule has 0 fully saturated rings. The van der Waals surface area contributed by atoms with Crippen LogP contribution in [0.2, 0.25) is 0 Å². The van der Waals surface area contributed by atoms with Crippen LogP contribution >= 0.6 is 0 Å². The molecule has 68 valence electrons. The molecule has 0 heterocycles. The van der Waals surface area contributed by atoms with Gasteiger partial charge >= 0.3 is 95.8 Å². The summed E-state index contributed by atoms with van der Waals surface area (Å²) in [5.74, 6) is 0.835. The first-order valence-corrected chi connectivity index (χ1v) is 5.79. The first-order valence-electron chi connectivity index (χ1n) is 3.91. The van der Waals surface area contributed by atoms with Gasteiger partial charge in [-0.15, -0.1) is 0 Å². The maximum atomic E-state index is 8.61. The van der Waals surface area contributed by atoms with E-state index in [-0.39, 0.29) is 6.61 Å². The summed E-state index contributed by atoms with van der Waals surface area (Å²) in [6, 6.07) is 4.03. The van der Waals surface area contributed by atoms with Crippen LogP contribution in [0.3, 0.4) is 0 Å². The Kier molecular flexibility index (Phi) is 4.38. The summed E-state index contributed by atoms with van der Waals surface area (Å²) in [7, 11) is 0. The van der Waals surface area contributed by atoms with Crippen molar-refractivity contribution < 1.29 is 9.84 Å². The minimum absolute atomic E-state index is 0.0510. The second kappa shape index (κ2) is 5.10. The molecule has 4 heteroatoms. The Morgan fingerprint density at radius 2 is 2.00 bits per heavy atom. The van der Waals surface area contributed by atoms with E-state index >= 15 is 0 Å². The molecule has 2 nitrogen and oxygen atoms in total. The van der Waals surface area contributed by atoms with Crippen LogP contribution in [0.1, 0.15) is 5.56 Å². The average Bonchev–Trinajstić information content (AvgIpc) is 2.09. The van der Waals surface area contributed by atoms with Crippen LogP contribution in [0.25, 0.3) is 0 Å². The quantitative estimate of drug-likeness (QED) is 0.722. The average molecular weight is 300 g/mol. The van der Waals surface area contributed by atoms with Crippen molar-refractivity contribution >= 4 is 42.4 Å². The molecular formula is C9H10As2O2. The summed E-state index contributed by atoms with van der Waals surface area (Å²) < 4.78 is 7.59. The third-order valence-corrected chi connectivity index (χ3v) is 3.37. The molecule has 0 amide bonds. The van der Waals surface area contributed by atoms with Crippen molar-refractivity contribution in [3.8, 4) is 5.75 Å². The Morgan fingerprint density at radius 1 is 1.31 bits per heavy atom. The van der Waals surface area contributed by atoms with Crippen LogP contribution in [-0.2, 0) is 0 Å². The number of benzene rings is 1. The summed E-state index contributed by atoms with van der Waals surface area (Å²) in [5.41, 5.74) is 1.18. The van der Waals surface area contributed by atoms with Crippen molar-refractivity contribution in [2.45, 2.75) is 6.92 Å². The predicted molar refractivity (Wildman–Crippen MR) is 54.5 cm³/mol. The Bertz CT molecular complexity index is 300. The molecule has 0 aliphatic heterocycles. The zero-order valence-electron chi connectivity index (χ0n) is 7.32. The van der Waals surface area contributed by atoms with Gasteiger partial charge in [-0.2, -0.15) is 0 Å². The van der Waals surface area contributed by atoms with Crippen molar-refractivity contribution in [3.05, 3.63) is 17.7 Å². The van der Waals surface area contributed by atoms with Crippen molar-refractivity contribution in [1.29, 1.82) is 0 Å². The Labute approximate surface area is 95.7 Å². The molecule has 0 saturated carbocycles. The number of aliphatic hydroxyl groups is 1. The normalized spacial score (nSPS) is 10.2. The zero-order chi connectivity index (χ0) is 9.84. The van der Waals surface area contributed by atoms with Crippen molar-refractivity contribution in [2.75, 3.05) is 13.2 Å². The molecule has 0 aromatic heterocycles. The van der Waals surface area contributed by atoms with Gasteiger partial charge in [-0.05, 0) is 0 Å². The number of rotatable bonds is 3. The van der Waals surface area contributed by atoms with Gasteiger partial charge in [-0.25, -0.2) is 0 Å². The van der Waals surface area contributed by atoms with E-state index in [4.69, 9.17) is 9.84 Å². The van der Waals surface area contributed by atoms with Gasteiger partial charge in [-0.3, -0.25) is 0 Å². The zero-order valence-corrected chi connectivity index (χ0v) is 11.1. The molecule has 0 aliphatic rings. The van der Waals surface area contributed by atoms with E-state index in [1.807, 2.05) is 19.1 Å². The van der Waals surface area contributed by atoms with Gasteiger partial charge in [0.25, 0.3) is 0 Å². The molecule has 0 unspecified atom stereocenters. The molecule has 4 radical (unpaired) electrons. The first-order chi connectivity index (χ1) is 6.15. The van der Waals surface area contributed by atoms with Gasteiger partial charge in [0, 0.05) is 0 Å². The fourth-order valence-corrected chi connectivity index (χ4v) is 2.36. The molecule has 0 saturated heterocycles. The molecule has 13 heavy (non-hydrogen) atoms. The maximum absolute atomic E-state index is 8.61. The van der Waals surface area contributed by atoms with Gasteiger partial charge in [-0.1, -0.05) is 0 Å². The molecule has 1 aromatic rings. The van der Waals surface area contributed by atoms with Crippen LogP contribution in [0.15, 0.2) is 12.1 Å². The number of aryl methyl sites for hydroxylation is 1. The third kappa shape index (κ3) is 3.05. The van der Waals surface area contributed by atoms with Crippen molar-refractivity contribution in [2.24, 2.45) is 0 Å². The van der Waals surface area contributed by atoms with E-state index in [9.17, 15) is 0 Å². The monoisotopic (exact) mass is 300 g/mol. The van der Waals surface area contributed by atoms with E-state index in [1.54, 1.807) is 0 Å². The number of hydrogen-bond acceptors (Lipinski definition) is 2. The number of aliphatic hydroxyl groups excluding tert-OH is 1. The second-order valence-corrected chi connectivity index (χ2v) is 4.70. The third-order valence-electron chi connectivity index (χ3n) is 1.63.